The maximum absolute atomic E-state index is 14.1. The van der Waals surface area contributed by atoms with Crippen molar-refractivity contribution in [1.29, 1.82) is 0 Å². The molecule has 0 saturated carbocycles. The van der Waals surface area contributed by atoms with Crippen LogP contribution in [0.25, 0.3) is 11.1 Å². The molecule has 0 aliphatic carbocycles. The number of rotatable bonds is 3. The Bertz CT molecular complexity index is 606. The Hall–Kier alpha value is -1.96. The first-order valence-corrected chi connectivity index (χ1v) is 6.43. The summed E-state index contributed by atoms with van der Waals surface area (Å²) in [6.07, 6.45) is 0.457. The summed E-state index contributed by atoms with van der Waals surface area (Å²) in [6, 6.07) is 10.7. The van der Waals surface area contributed by atoms with Crippen LogP contribution in [0.3, 0.4) is 0 Å². The highest BCUT2D eigenvalue weighted by molar-refractivity contribution is 5.97. The minimum absolute atomic E-state index is 0.0759. The topological polar surface area (TPSA) is 17.1 Å². The van der Waals surface area contributed by atoms with Gasteiger partial charge in [0.05, 0.1) is 0 Å². The number of Topliss-reactive ketones (excluding diaryl/α,β-unsaturated/α-hetero) is 1. The van der Waals surface area contributed by atoms with E-state index in [4.69, 9.17) is 0 Å². The van der Waals surface area contributed by atoms with E-state index in [1.807, 2.05) is 32.9 Å². The molecule has 0 bridgehead atoms. The number of hydrogen-bond acceptors (Lipinski definition) is 1. The quantitative estimate of drug-likeness (QED) is 0.727. The number of benzene rings is 2. The van der Waals surface area contributed by atoms with Crippen LogP contribution in [0.15, 0.2) is 36.4 Å². The maximum atomic E-state index is 14.1. The van der Waals surface area contributed by atoms with Gasteiger partial charge in [-0.25, -0.2) is 4.39 Å². The zero-order valence-electron chi connectivity index (χ0n) is 11.5. The van der Waals surface area contributed by atoms with Crippen molar-refractivity contribution in [1.82, 2.24) is 0 Å². The lowest BCUT2D eigenvalue weighted by atomic mass is 9.95. The van der Waals surface area contributed by atoms with Crippen LogP contribution in [0.2, 0.25) is 0 Å². The van der Waals surface area contributed by atoms with E-state index in [-0.39, 0.29) is 11.6 Å². The Morgan fingerprint density at radius 1 is 1.16 bits per heavy atom. The molecule has 98 valence electrons. The van der Waals surface area contributed by atoms with E-state index in [1.165, 1.54) is 6.07 Å². The van der Waals surface area contributed by atoms with Crippen molar-refractivity contribution >= 4 is 5.78 Å². The molecule has 2 aromatic carbocycles. The lowest BCUT2D eigenvalue weighted by molar-refractivity contribution is 0.0988. The zero-order chi connectivity index (χ0) is 14.0. The highest BCUT2D eigenvalue weighted by Crippen LogP contribution is 2.28. The highest BCUT2D eigenvalue weighted by Gasteiger charge is 2.11. The van der Waals surface area contributed by atoms with Crippen molar-refractivity contribution in [3.05, 3.63) is 58.9 Å². The number of carbonyl (C=O) groups excluding carboxylic acids is 1. The van der Waals surface area contributed by atoms with Gasteiger partial charge in [0.15, 0.2) is 5.78 Å². The molecular weight excluding hydrogens is 239 g/mol. The molecule has 0 unspecified atom stereocenters. The maximum Gasteiger partial charge on any atom is 0.162 e. The first-order chi connectivity index (χ1) is 9.02. The molecule has 0 atom stereocenters. The summed E-state index contributed by atoms with van der Waals surface area (Å²) in [4.78, 5) is 11.7. The molecule has 0 spiro atoms. The van der Waals surface area contributed by atoms with Crippen molar-refractivity contribution in [2.75, 3.05) is 0 Å². The molecule has 0 aromatic heterocycles. The summed E-state index contributed by atoms with van der Waals surface area (Å²) in [5.74, 6) is -0.161. The van der Waals surface area contributed by atoms with E-state index in [9.17, 15) is 9.18 Å². The van der Waals surface area contributed by atoms with E-state index in [0.717, 1.165) is 16.7 Å². The Balaban J connectivity index is 2.57. The second-order valence-electron chi connectivity index (χ2n) is 4.80. The largest absolute Gasteiger partial charge is 0.294 e. The first-order valence-electron chi connectivity index (χ1n) is 6.43. The van der Waals surface area contributed by atoms with Crippen molar-refractivity contribution < 1.29 is 9.18 Å². The summed E-state index contributed by atoms with van der Waals surface area (Å²) in [5, 5.41) is 0. The van der Waals surface area contributed by atoms with Gasteiger partial charge in [0.2, 0.25) is 0 Å². The van der Waals surface area contributed by atoms with Crippen LogP contribution in [-0.2, 0) is 0 Å². The van der Waals surface area contributed by atoms with E-state index in [1.54, 1.807) is 18.2 Å². The average Bonchev–Trinajstić information content (AvgIpc) is 2.37. The predicted octanol–water partition coefficient (Wildman–Crippen LogP) is 4.70. The smallest absolute Gasteiger partial charge is 0.162 e. The molecule has 1 nitrogen and oxygen atoms in total. The highest BCUT2D eigenvalue weighted by atomic mass is 19.1. The van der Waals surface area contributed by atoms with Gasteiger partial charge >= 0.3 is 0 Å². The second-order valence-corrected chi connectivity index (χ2v) is 4.80. The van der Waals surface area contributed by atoms with Gasteiger partial charge < -0.3 is 0 Å². The van der Waals surface area contributed by atoms with Gasteiger partial charge in [-0.3, -0.25) is 4.79 Å². The van der Waals surface area contributed by atoms with Crippen molar-refractivity contribution in [2.45, 2.75) is 27.2 Å². The van der Waals surface area contributed by atoms with Crippen molar-refractivity contribution in [3.63, 3.8) is 0 Å². The number of aryl methyl sites for hydroxylation is 2. The van der Waals surface area contributed by atoms with E-state index in [2.05, 4.69) is 0 Å². The molecule has 0 amide bonds. The molecule has 0 fully saturated rings. The monoisotopic (exact) mass is 256 g/mol. The number of hydrogen-bond donors (Lipinski definition) is 0. The Morgan fingerprint density at radius 3 is 2.53 bits per heavy atom. The van der Waals surface area contributed by atoms with E-state index < -0.39 is 0 Å². The fourth-order valence-electron chi connectivity index (χ4n) is 2.33. The lowest BCUT2D eigenvalue weighted by Gasteiger charge is -2.10. The molecule has 19 heavy (non-hydrogen) atoms. The van der Waals surface area contributed by atoms with Gasteiger partial charge in [-0.2, -0.15) is 0 Å². The van der Waals surface area contributed by atoms with Crippen LogP contribution in [0.5, 0.6) is 0 Å². The van der Waals surface area contributed by atoms with Crippen LogP contribution in [0.4, 0.5) is 4.39 Å². The molecule has 0 saturated heterocycles. The van der Waals surface area contributed by atoms with Gasteiger partial charge in [0.25, 0.3) is 0 Å². The average molecular weight is 256 g/mol. The van der Waals surface area contributed by atoms with Crippen LogP contribution in [-0.4, -0.2) is 5.78 Å². The van der Waals surface area contributed by atoms with Crippen molar-refractivity contribution in [3.8, 4) is 11.1 Å². The molecule has 2 aromatic rings. The summed E-state index contributed by atoms with van der Waals surface area (Å²) in [7, 11) is 0. The minimum Gasteiger partial charge on any atom is -0.294 e. The number of carbonyl (C=O) groups is 1. The van der Waals surface area contributed by atoms with Gasteiger partial charge in [-0.1, -0.05) is 31.2 Å². The third kappa shape index (κ3) is 2.73. The van der Waals surface area contributed by atoms with Crippen LogP contribution in [0, 0.1) is 19.7 Å². The fourth-order valence-corrected chi connectivity index (χ4v) is 2.33. The van der Waals surface area contributed by atoms with Gasteiger partial charge in [-0.05, 0) is 42.7 Å². The third-order valence-corrected chi connectivity index (χ3v) is 3.23. The molecule has 0 heterocycles. The standard InChI is InChI=1S/C17H17FO/c1-4-16(19)13-6-5-7-14(10-13)17-12(3)8-11(2)9-15(17)18/h5-10H,4H2,1-3H3. The van der Waals surface area contributed by atoms with E-state index in [0.29, 0.717) is 17.5 Å². The first kappa shape index (κ1) is 13.5. The molecule has 0 aliphatic rings. The second kappa shape index (κ2) is 5.35. The fraction of sp³-hybridized carbons (Fsp3) is 0.235. The summed E-state index contributed by atoms with van der Waals surface area (Å²) < 4.78 is 14.1. The molecule has 0 N–H and O–H groups in total. The number of halogens is 1. The molecule has 0 radical (unpaired) electrons. The zero-order valence-corrected chi connectivity index (χ0v) is 11.5. The molecule has 2 rings (SSSR count). The molecule has 2 heteroatoms. The lowest BCUT2D eigenvalue weighted by Crippen LogP contribution is -1.97. The van der Waals surface area contributed by atoms with Crippen LogP contribution < -0.4 is 0 Å². The predicted molar refractivity (Wildman–Crippen MR) is 75.9 cm³/mol. The molecular formula is C17H17FO. The third-order valence-electron chi connectivity index (χ3n) is 3.23. The minimum atomic E-state index is -0.237. The van der Waals surface area contributed by atoms with Gasteiger partial charge in [0, 0.05) is 17.5 Å². The molecule has 0 aliphatic heterocycles. The van der Waals surface area contributed by atoms with Gasteiger partial charge in [-0.15, -0.1) is 0 Å². The Labute approximate surface area is 113 Å². The normalized spacial score (nSPS) is 10.5. The van der Waals surface area contributed by atoms with Crippen LogP contribution in [0.1, 0.15) is 34.8 Å². The van der Waals surface area contributed by atoms with Gasteiger partial charge in [0.1, 0.15) is 5.82 Å². The summed E-state index contributed by atoms with van der Waals surface area (Å²) in [6.45, 7) is 5.59. The Morgan fingerprint density at radius 2 is 1.89 bits per heavy atom. The Kier molecular flexibility index (Phi) is 3.79. The van der Waals surface area contributed by atoms with Crippen molar-refractivity contribution in [2.24, 2.45) is 0 Å². The summed E-state index contributed by atoms with van der Waals surface area (Å²) >= 11 is 0. The van der Waals surface area contributed by atoms with Crippen LogP contribution >= 0.6 is 0 Å². The number of ketones is 1. The summed E-state index contributed by atoms with van der Waals surface area (Å²) in [5.41, 5.74) is 3.77. The van der Waals surface area contributed by atoms with E-state index >= 15 is 0 Å². The SMILES string of the molecule is CCC(=O)c1cccc(-c2c(C)cc(C)cc2F)c1.